The Labute approximate surface area is 91.3 Å². The molecule has 1 heterocycles. The smallest absolute Gasteiger partial charge is 0.323 e. The van der Waals surface area contributed by atoms with E-state index in [0.29, 0.717) is 0 Å². The Morgan fingerprint density at radius 3 is 2.73 bits per heavy atom. The van der Waals surface area contributed by atoms with Gasteiger partial charge < -0.3 is 10.0 Å². The van der Waals surface area contributed by atoms with Gasteiger partial charge in [0, 0.05) is 7.05 Å². The Hall–Kier alpha value is -1.62. The van der Waals surface area contributed by atoms with Crippen LogP contribution in [0.5, 0.6) is 0 Å². The molecule has 0 aliphatic heterocycles. The summed E-state index contributed by atoms with van der Waals surface area (Å²) in [5.41, 5.74) is 0.131. The van der Waals surface area contributed by atoms with E-state index in [2.05, 4.69) is 4.98 Å². The molecular formula is C9H9ClN2O3. The van der Waals surface area contributed by atoms with E-state index in [1.54, 1.807) is 6.07 Å². The first-order valence-corrected chi connectivity index (χ1v) is 4.48. The number of carbonyl (C=O) groups excluding carboxylic acids is 1. The van der Waals surface area contributed by atoms with Gasteiger partial charge in [0.05, 0.1) is 0 Å². The van der Waals surface area contributed by atoms with E-state index in [0.717, 1.165) is 4.90 Å². The third-order valence-electron chi connectivity index (χ3n) is 1.65. The molecule has 80 valence electrons. The second kappa shape index (κ2) is 4.75. The standard InChI is InChI=1S/C9H9ClN2O3/c1-12(5-8(13)14)9(15)6-3-2-4-7(10)11-6/h2-4H,5H2,1H3,(H,13,14). The van der Waals surface area contributed by atoms with Gasteiger partial charge in [-0.15, -0.1) is 0 Å². The van der Waals surface area contributed by atoms with Crippen LogP contribution in [0.15, 0.2) is 18.2 Å². The molecule has 0 radical (unpaired) electrons. The van der Waals surface area contributed by atoms with Gasteiger partial charge in [0.25, 0.3) is 5.91 Å². The van der Waals surface area contributed by atoms with Crippen molar-refractivity contribution in [3.8, 4) is 0 Å². The van der Waals surface area contributed by atoms with Crippen molar-refractivity contribution in [1.82, 2.24) is 9.88 Å². The van der Waals surface area contributed by atoms with E-state index >= 15 is 0 Å². The summed E-state index contributed by atoms with van der Waals surface area (Å²) < 4.78 is 0. The van der Waals surface area contributed by atoms with Crippen LogP contribution in [0.4, 0.5) is 0 Å². The van der Waals surface area contributed by atoms with Crippen molar-refractivity contribution in [3.63, 3.8) is 0 Å². The summed E-state index contributed by atoms with van der Waals surface area (Å²) in [4.78, 5) is 26.8. The first-order chi connectivity index (χ1) is 7.00. The van der Waals surface area contributed by atoms with Gasteiger partial charge in [-0.25, -0.2) is 4.98 Å². The van der Waals surface area contributed by atoms with Crippen molar-refractivity contribution in [1.29, 1.82) is 0 Å². The monoisotopic (exact) mass is 228 g/mol. The normalized spacial score (nSPS) is 9.73. The fourth-order valence-corrected chi connectivity index (χ4v) is 1.16. The molecule has 0 aliphatic carbocycles. The van der Waals surface area contributed by atoms with Gasteiger partial charge in [0.15, 0.2) is 0 Å². The van der Waals surface area contributed by atoms with Crippen LogP contribution in [0, 0.1) is 0 Å². The molecular weight excluding hydrogens is 220 g/mol. The molecule has 0 unspecified atom stereocenters. The third-order valence-corrected chi connectivity index (χ3v) is 1.86. The van der Waals surface area contributed by atoms with Gasteiger partial charge in [-0.2, -0.15) is 0 Å². The number of aliphatic carboxylic acids is 1. The number of carbonyl (C=O) groups is 2. The summed E-state index contributed by atoms with van der Waals surface area (Å²) in [6.45, 7) is -0.368. The average Bonchev–Trinajstić information content (AvgIpc) is 2.15. The second-order valence-electron chi connectivity index (χ2n) is 2.90. The van der Waals surface area contributed by atoms with Crippen molar-refractivity contribution in [3.05, 3.63) is 29.0 Å². The van der Waals surface area contributed by atoms with Gasteiger partial charge >= 0.3 is 5.97 Å². The Bertz CT molecular complexity index is 395. The van der Waals surface area contributed by atoms with E-state index in [9.17, 15) is 9.59 Å². The number of hydrogen-bond donors (Lipinski definition) is 1. The van der Waals surface area contributed by atoms with E-state index < -0.39 is 11.9 Å². The molecule has 1 aromatic heterocycles. The predicted molar refractivity (Wildman–Crippen MR) is 53.8 cm³/mol. The van der Waals surface area contributed by atoms with Crippen LogP contribution >= 0.6 is 11.6 Å². The van der Waals surface area contributed by atoms with Gasteiger partial charge in [-0.1, -0.05) is 17.7 Å². The molecule has 0 atom stereocenters. The van der Waals surface area contributed by atoms with E-state index in [1.807, 2.05) is 0 Å². The number of rotatable bonds is 3. The molecule has 1 amide bonds. The average molecular weight is 229 g/mol. The fourth-order valence-electron chi connectivity index (χ4n) is 0.998. The first-order valence-electron chi connectivity index (χ1n) is 4.10. The zero-order valence-corrected chi connectivity index (χ0v) is 8.73. The van der Waals surface area contributed by atoms with Gasteiger partial charge in [-0.3, -0.25) is 9.59 Å². The summed E-state index contributed by atoms with van der Waals surface area (Å²) in [6.07, 6.45) is 0. The van der Waals surface area contributed by atoms with Gasteiger partial charge in [0.1, 0.15) is 17.4 Å². The lowest BCUT2D eigenvalue weighted by atomic mass is 10.3. The molecule has 0 saturated carbocycles. The van der Waals surface area contributed by atoms with E-state index in [4.69, 9.17) is 16.7 Å². The number of halogens is 1. The number of aromatic nitrogens is 1. The molecule has 0 aromatic carbocycles. The van der Waals surface area contributed by atoms with Crippen molar-refractivity contribution in [2.45, 2.75) is 0 Å². The number of carboxylic acid groups (broad SMARTS) is 1. The molecule has 1 rings (SSSR count). The van der Waals surface area contributed by atoms with E-state index in [-0.39, 0.29) is 17.4 Å². The van der Waals surface area contributed by atoms with Crippen LogP contribution in [0.2, 0.25) is 5.15 Å². The van der Waals surface area contributed by atoms with Crippen LogP contribution in [0.3, 0.4) is 0 Å². The zero-order chi connectivity index (χ0) is 11.4. The maximum Gasteiger partial charge on any atom is 0.323 e. The summed E-state index contributed by atoms with van der Waals surface area (Å²) in [6, 6.07) is 4.60. The maximum atomic E-state index is 11.6. The molecule has 1 aromatic rings. The minimum Gasteiger partial charge on any atom is -0.480 e. The highest BCUT2D eigenvalue weighted by Crippen LogP contribution is 2.06. The summed E-state index contributed by atoms with van der Waals surface area (Å²) >= 11 is 5.60. The largest absolute Gasteiger partial charge is 0.480 e. The van der Waals surface area contributed by atoms with E-state index in [1.165, 1.54) is 19.2 Å². The molecule has 15 heavy (non-hydrogen) atoms. The highest BCUT2D eigenvalue weighted by Gasteiger charge is 2.15. The highest BCUT2D eigenvalue weighted by molar-refractivity contribution is 6.29. The summed E-state index contributed by atoms with van der Waals surface area (Å²) in [7, 11) is 1.39. The lowest BCUT2D eigenvalue weighted by molar-refractivity contribution is -0.137. The molecule has 0 spiro atoms. The van der Waals surface area contributed by atoms with Gasteiger partial charge in [-0.05, 0) is 12.1 Å². The van der Waals surface area contributed by atoms with Crippen molar-refractivity contribution in [2.24, 2.45) is 0 Å². The maximum absolute atomic E-state index is 11.6. The molecule has 0 fully saturated rings. The minimum atomic E-state index is -1.08. The molecule has 0 bridgehead atoms. The highest BCUT2D eigenvalue weighted by atomic mass is 35.5. The third kappa shape index (κ3) is 3.21. The minimum absolute atomic E-state index is 0.131. The van der Waals surface area contributed by atoms with Gasteiger partial charge in [0.2, 0.25) is 0 Å². The van der Waals surface area contributed by atoms with Crippen molar-refractivity contribution < 1.29 is 14.7 Å². The quantitative estimate of drug-likeness (QED) is 0.780. The zero-order valence-electron chi connectivity index (χ0n) is 7.98. The van der Waals surface area contributed by atoms with Crippen LogP contribution < -0.4 is 0 Å². The molecule has 6 heteroatoms. The molecule has 0 aliphatic rings. The number of nitrogens with zero attached hydrogens (tertiary/aromatic N) is 2. The van der Waals surface area contributed by atoms with Crippen molar-refractivity contribution >= 4 is 23.5 Å². The molecule has 1 N–H and O–H groups in total. The number of hydrogen-bond acceptors (Lipinski definition) is 3. The topological polar surface area (TPSA) is 70.5 Å². The lowest BCUT2D eigenvalue weighted by Gasteiger charge is -2.13. The van der Waals surface area contributed by atoms with Crippen LogP contribution in [0.25, 0.3) is 0 Å². The lowest BCUT2D eigenvalue weighted by Crippen LogP contribution is -2.32. The Balaban J connectivity index is 2.80. The number of carboxylic acids is 1. The molecule has 0 saturated heterocycles. The molecule has 5 nitrogen and oxygen atoms in total. The number of amides is 1. The Morgan fingerprint density at radius 1 is 1.53 bits per heavy atom. The number of likely N-dealkylation sites (N-methyl/N-ethyl adjacent to an activating group) is 1. The van der Waals surface area contributed by atoms with Crippen LogP contribution in [0.1, 0.15) is 10.5 Å². The SMILES string of the molecule is CN(CC(=O)O)C(=O)c1cccc(Cl)n1. The van der Waals surface area contributed by atoms with Crippen molar-refractivity contribution in [2.75, 3.05) is 13.6 Å². The predicted octanol–water partition coefficient (Wildman–Crippen LogP) is 0.892. The number of pyridine rings is 1. The summed E-state index contributed by atoms with van der Waals surface area (Å²) in [5.74, 6) is -1.55. The fraction of sp³-hybridized carbons (Fsp3) is 0.222. The Morgan fingerprint density at radius 2 is 2.20 bits per heavy atom. The Kier molecular flexibility index (Phi) is 3.62. The van der Waals surface area contributed by atoms with Crippen LogP contribution in [-0.4, -0.2) is 40.5 Å². The first kappa shape index (κ1) is 11.5. The second-order valence-corrected chi connectivity index (χ2v) is 3.29. The van der Waals surface area contributed by atoms with Crippen LogP contribution in [-0.2, 0) is 4.79 Å². The summed E-state index contributed by atoms with van der Waals surface area (Å²) in [5, 5.41) is 8.69.